The van der Waals surface area contributed by atoms with Gasteiger partial charge in [-0.25, -0.2) is 4.79 Å². The van der Waals surface area contributed by atoms with E-state index in [2.05, 4.69) is 26.5 Å². The van der Waals surface area contributed by atoms with Crippen molar-refractivity contribution in [3.05, 3.63) is 65.9 Å². The van der Waals surface area contributed by atoms with Gasteiger partial charge < -0.3 is 20.4 Å². The second-order valence-corrected chi connectivity index (χ2v) is 9.86. The van der Waals surface area contributed by atoms with Gasteiger partial charge >= 0.3 is 6.09 Å². The van der Waals surface area contributed by atoms with Crippen molar-refractivity contribution in [3.8, 4) is 0 Å². The third-order valence-electron chi connectivity index (χ3n) is 5.68. The van der Waals surface area contributed by atoms with Gasteiger partial charge in [-0.05, 0) is 50.5 Å². The summed E-state index contributed by atoms with van der Waals surface area (Å²) in [5.74, 6) is -1.48. The van der Waals surface area contributed by atoms with Gasteiger partial charge in [0.15, 0.2) is 0 Å². The molecule has 0 spiro atoms. The van der Waals surface area contributed by atoms with E-state index < -0.39 is 29.6 Å². The van der Waals surface area contributed by atoms with Crippen LogP contribution in [-0.4, -0.2) is 40.4 Å². The number of fused-ring (bicyclic) bond motifs is 1. The van der Waals surface area contributed by atoms with Crippen LogP contribution in [0.3, 0.4) is 0 Å². The van der Waals surface area contributed by atoms with E-state index in [-0.39, 0.29) is 25.2 Å². The normalized spacial score (nSPS) is 11.9. The fourth-order valence-electron chi connectivity index (χ4n) is 3.85. The SMILES string of the molecule is CCc1ccccc1NC(=O)CCC(=O)NNC(=O)[C@@H](Cc1c[nH]c2ccccc12)NC(=O)OC(C)(C)C. The van der Waals surface area contributed by atoms with Crippen molar-refractivity contribution >= 4 is 40.4 Å². The molecule has 1 aromatic heterocycles. The molecule has 0 radical (unpaired) electrons. The molecular weight excluding hydrogens is 486 g/mol. The average molecular weight is 522 g/mol. The number of nitrogens with one attached hydrogen (secondary N) is 5. The quantitative estimate of drug-likeness (QED) is 0.273. The van der Waals surface area contributed by atoms with E-state index in [0.717, 1.165) is 28.5 Å². The number of carbonyl (C=O) groups is 4. The lowest BCUT2D eigenvalue weighted by Gasteiger charge is -2.23. The zero-order valence-electron chi connectivity index (χ0n) is 22.1. The summed E-state index contributed by atoms with van der Waals surface area (Å²) in [6.45, 7) is 7.15. The first-order valence-corrected chi connectivity index (χ1v) is 12.6. The summed E-state index contributed by atoms with van der Waals surface area (Å²) in [5, 5.41) is 6.31. The van der Waals surface area contributed by atoms with E-state index >= 15 is 0 Å². The minimum absolute atomic E-state index is 0.0608. The summed E-state index contributed by atoms with van der Waals surface area (Å²) < 4.78 is 5.31. The Kier molecular flexibility index (Phi) is 9.48. The molecule has 0 saturated carbocycles. The maximum absolute atomic E-state index is 13.0. The predicted molar refractivity (Wildman–Crippen MR) is 145 cm³/mol. The summed E-state index contributed by atoms with van der Waals surface area (Å²) >= 11 is 0. The standard InChI is InChI=1S/C28H35N5O5/c1-5-18-10-6-8-12-21(18)30-24(34)14-15-25(35)32-33-26(36)23(31-27(37)38-28(2,3)4)16-19-17-29-22-13-9-7-11-20(19)22/h6-13,17,23,29H,5,14-16H2,1-4H3,(H,30,34)(H,31,37)(H,32,35)(H,33,36)/t23-/m1/s1. The fourth-order valence-corrected chi connectivity index (χ4v) is 3.85. The number of aryl methyl sites for hydroxylation is 1. The monoisotopic (exact) mass is 521 g/mol. The Hall–Kier alpha value is -4.34. The van der Waals surface area contributed by atoms with Gasteiger partial charge in [-0.3, -0.25) is 25.2 Å². The number of alkyl carbamates (subject to hydrolysis) is 1. The van der Waals surface area contributed by atoms with Gasteiger partial charge in [-0.2, -0.15) is 0 Å². The number of carbonyl (C=O) groups excluding carboxylic acids is 4. The predicted octanol–water partition coefficient (Wildman–Crippen LogP) is 3.73. The Labute approximate surface area is 221 Å². The van der Waals surface area contributed by atoms with E-state index in [1.165, 1.54) is 0 Å². The Morgan fingerprint density at radius 3 is 2.32 bits per heavy atom. The lowest BCUT2D eigenvalue weighted by molar-refractivity contribution is -0.130. The van der Waals surface area contributed by atoms with Crippen LogP contribution in [0, 0.1) is 0 Å². The van der Waals surface area contributed by atoms with Crippen LogP contribution < -0.4 is 21.5 Å². The highest BCUT2D eigenvalue weighted by Crippen LogP contribution is 2.19. The van der Waals surface area contributed by atoms with Crippen molar-refractivity contribution in [2.75, 3.05) is 5.32 Å². The minimum atomic E-state index is -1.03. The van der Waals surface area contributed by atoms with Gasteiger partial charge in [0.1, 0.15) is 11.6 Å². The van der Waals surface area contributed by atoms with Crippen LogP contribution in [0.2, 0.25) is 0 Å². The molecule has 0 saturated heterocycles. The molecule has 10 heteroatoms. The number of hydrogen-bond acceptors (Lipinski definition) is 5. The first-order valence-electron chi connectivity index (χ1n) is 12.6. The van der Waals surface area contributed by atoms with Gasteiger partial charge in [0.2, 0.25) is 11.8 Å². The Morgan fingerprint density at radius 1 is 0.895 bits per heavy atom. The summed E-state index contributed by atoms with van der Waals surface area (Å²) in [6.07, 6.45) is 1.74. The second-order valence-electron chi connectivity index (χ2n) is 9.86. The number of hydrazine groups is 1. The molecule has 1 atom stereocenters. The summed E-state index contributed by atoms with van der Waals surface area (Å²) in [4.78, 5) is 53.2. The van der Waals surface area contributed by atoms with E-state index in [1.54, 1.807) is 27.0 Å². The van der Waals surface area contributed by atoms with E-state index in [4.69, 9.17) is 4.74 Å². The maximum atomic E-state index is 13.0. The molecule has 38 heavy (non-hydrogen) atoms. The van der Waals surface area contributed by atoms with Gasteiger partial charge in [0.25, 0.3) is 5.91 Å². The Balaban J connectivity index is 1.57. The smallest absolute Gasteiger partial charge is 0.408 e. The lowest BCUT2D eigenvalue weighted by Crippen LogP contribution is -2.53. The van der Waals surface area contributed by atoms with Crippen LogP contribution in [0.25, 0.3) is 10.9 Å². The number of rotatable bonds is 9. The highest BCUT2D eigenvalue weighted by molar-refractivity contribution is 5.94. The summed E-state index contributed by atoms with van der Waals surface area (Å²) in [5.41, 5.74) is 7.34. The molecule has 5 N–H and O–H groups in total. The highest BCUT2D eigenvalue weighted by Gasteiger charge is 2.26. The van der Waals surface area contributed by atoms with Crippen molar-refractivity contribution in [3.63, 3.8) is 0 Å². The molecule has 0 unspecified atom stereocenters. The number of aromatic amines is 1. The van der Waals surface area contributed by atoms with Crippen molar-refractivity contribution < 1.29 is 23.9 Å². The van der Waals surface area contributed by atoms with Gasteiger partial charge in [0, 0.05) is 42.0 Å². The Morgan fingerprint density at radius 2 is 1.58 bits per heavy atom. The van der Waals surface area contributed by atoms with Crippen LogP contribution in [0.5, 0.6) is 0 Å². The first kappa shape index (κ1) is 28.2. The van der Waals surface area contributed by atoms with Crippen molar-refractivity contribution in [1.82, 2.24) is 21.2 Å². The largest absolute Gasteiger partial charge is 0.444 e. The molecule has 4 amide bonds. The van der Waals surface area contributed by atoms with Crippen LogP contribution >= 0.6 is 0 Å². The molecular formula is C28H35N5O5. The number of para-hydroxylation sites is 2. The molecule has 202 valence electrons. The number of benzene rings is 2. The molecule has 0 aliphatic rings. The third kappa shape index (κ3) is 8.36. The number of hydrogen-bond donors (Lipinski definition) is 5. The van der Waals surface area contributed by atoms with Crippen LogP contribution in [0.1, 0.15) is 51.7 Å². The minimum Gasteiger partial charge on any atom is -0.444 e. The van der Waals surface area contributed by atoms with Gasteiger partial charge in [0.05, 0.1) is 0 Å². The molecule has 3 rings (SSSR count). The fraction of sp³-hybridized carbons (Fsp3) is 0.357. The maximum Gasteiger partial charge on any atom is 0.408 e. The van der Waals surface area contributed by atoms with Crippen LogP contribution in [-0.2, 0) is 32.0 Å². The van der Waals surface area contributed by atoms with Crippen molar-refractivity contribution in [1.29, 1.82) is 0 Å². The van der Waals surface area contributed by atoms with E-state index in [0.29, 0.717) is 5.69 Å². The third-order valence-corrected chi connectivity index (χ3v) is 5.68. The molecule has 0 fully saturated rings. The topological polar surface area (TPSA) is 141 Å². The second kappa shape index (κ2) is 12.8. The molecule has 2 aromatic carbocycles. The number of amides is 4. The Bertz CT molecular complexity index is 1290. The molecule has 10 nitrogen and oxygen atoms in total. The average Bonchev–Trinajstić information content (AvgIpc) is 3.27. The lowest BCUT2D eigenvalue weighted by atomic mass is 10.0. The molecule has 3 aromatic rings. The van der Waals surface area contributed by atoms with Crippen molar-refractivity contribution in [2.24, 2.45) is 0 Å². The van der Waals surface area contributed by atoms with Crippen LogP contribution in [0.15, 0.2) is 54.7 Å². The van der Waals surface area contributed by atoms with Gasteiger partial charge in [-0.1, -0.05) is 43.3 Å². The van der Waals surface area contributed by atoms with Crippen LogP contribution in [0.4, 0.5) is 10.5 Å². The molecule has 0 bridgehead atoms. The zero-order valence-corrected chi connectivity index (χ0v) is 22.1. The number of H-pyrrole nitrogens is 1. The first-order chi connectivity index (χ1) is 18.1. The number of aromatic nitrogens is 1. The highest BCUT2D eigenvalue weighted by atomic mass is 16.6. The number of ether oxygens (including phenoxy) is 1. The van der Waals surface area contributed by atoms with E-state index in [1.807, 2.05) is 55.5 Å². The van der Waals surface area contributed by atoms with Gasteiger partial charge in [-0.15, -0.1) is 0 Å². The summed E-state index contributed by atoms with van der Waals surface area (Å²) in [6, 6.07) is 14.0. The number of anilines is 1. The zero-order chi connectivity index (χ0) is 27.7. The molecule has 1 heterocycles. The van der Waals surface area contributed by atoms with Crippen molar-refractivity contribution in [2.45, 2.75) is 65.0 Å². The molecule has 0 aliphatic carbocycles. The van der Waals surface area contributed by atoms with E-state index in [9.17, 15) is 19.2 Å². The molecule has 0 aliphatic heterocycles. The summed E-state index contributed by atoms with van der Waals surface area (Å²) in [7, 11) is 0.